The number of anilines is 1. The lowest BCUT2D eigenvalue weighted by molar-refractivity contribution is -0.0250. The summed E-state index contributed by atoms with van der Waals surface area (Å²) < 4.78 is 17.7. The van der Waals surface area contributed by atoms with Gasteiger partial charge in [-0.15, -0.1) is 0 Å². The topological polar surface area (TPSA) is 64.1 Å². The van der Waals surface area contributed by atoms with E-state index in [0.29, 0.717) is 25.7 Å². The Labute approximate surface area is 178 Å². The van der Waals surface area contributed by atoms with Gasteiger partial charge in [-0.25, -0.2) is 0 Å². The minimum atomic E-state index is 0.101. The van der Waals surface area contributed by atoms with Crippen LogP contribution in [0.4, 0.5) is 5.69 Å². The Bertz CT molecular complexity index is 841. The summed E-state index contributed by atoms with van der Waals surface area (Å²) >= 11 is 0. The standard InChI is InChI=1S/C24H31N3O3/c1-2-25-24(27-20-11-12-21-22(16-20)29-15-7-14-28-21)26-17-19-10-6-13-30-23(19)18-8-4-3-5-9-18/h3-5,8-9,11-12,16,19,23H,2,6-7,10,13-15,17H2,1H3,(H2,25,26,27). The van der Waals surface area contributed by atoms with Crippen LogP contribution in [-0.2, 0) is 4.74 Å². The lowest BCUT2D eigenvalue weighted by atomic mass is 9.89. The lowest BCUT2D eigenvalue weighted by Gasteiger charge is -2.31. The van der Waals surface area contributed by atoms with E-state index in [1.54, 1.807) is 0 Å². The number of ether oxygens (including phenoxy) is 3. The number of nitrogens with zero attached hydrogens (tertiary/aromatic N) is 1. The van der Waals surface area contributed by atoms with Crippen LogP contribution >= 0.6 is 0 Å². The van der Waals surface area contributed by atoms with E-state index < -0.39 is 0 Å². The van der Waals surface area contributed by atoms with Crippen LogP contribution in [0.25, 0.3) is 0 Å². The maximum atomic E-state index is 6.12. The molecule has 2 aromatic rings. The molecule has 2 aliphatic heterocycles. The molecule has 6 heteroatoms. The van der Waals surface area contributed by atoms with Crippen LogP contribution in [0, 0.1) is 5.92 Å². The van der Waals surface area contributed by atoms with Crippen molar-refractivity contribution in [2.45, 2.75) is 32.3 Å². The van der Waals surface area contributed by atoms with Gasteiger partial charge in [-0.2, -0.15) is 0 Å². The lowest BCUT2D eigenvalue weighted by Crippen LogP contribution is -2.32. The van der Waals surface area contributed by atoms with Gasteiger partial charge >= 0.3 is 0 Å². The third-order valence-corrected chi connectivity index (χ3v) is 5.41. The van der Waals surface area contributed by atoms with Crippen molar-refractivity contribution in [2.75, 3.05) is 38.2 Å². The zero-order valence-electron chi connectivity index (χ0n) is 17.6. The van der Waals surface area contributed by atoms with Gasteiger partial charge in [0.2, 0.25) is 0 Å². The zero-order valence-corrected chi connectivity index (χ0v) is 17.6. The highest BCUT2D eigenvalue weighted by Gasteiger charge is 2.27. The fraction of sp³-hybridized carbons (Fsp3) is 0.458. The van der Waals surface area contributed by atoms with E-state index in [0.717, 1.165) is 55.6 Å². The predicted octanol–water partition coefficient (Wildman–Crippen LogP) is 4.39. The summed E-state index contributed by atoms with van der Waals surface area (Å²) in [6, 6.07) is 16.4. The molecular formula is C24H31N3O3. The number of nitrogens with one attached hydrogen (secondary N) is 2. The molecule has 0 radical (unpaired) electrons. The molecule has 2 unspecified atom stereocenters. The number of aliphatic imine (C=N–C) groups is 1. The van der Waals surface area contributed by atoms with Crippen LogP contribution in [0.2, 0.25) is 0 Å². The Kier molecular flexibility index (Phi) is 7.08. The third-order valence-electron chi connectivity index (χ3n) is 5.41. The smallest absolute Gasteiger partial charge is 0.195 e. The summed E-state index contributed by atoms with van der Waals surface area (Å²) in [4.78, 5) is 4.88. The molecule has 0 saturated carbocycles. The number of benzene rings is 2. The van der Waals surface area contributed by atoms with E-state index in [1.807, 2.05) is 24.3 Å². The van der Waals surface area contributed by atoms with Crippen molar-refractivity contribution >= 4 is 11.6 Å². The first kappa shape index (κ1) is 20.5. The van der Waals surface area contributed by atoms with Crippen LogP contribution in [0.1, 0.15) is 37.9 Å². The predicted molar refractivity (Wildman–Crippen MR) is 120 cm³/mol. The number of fused-ring (bicyclic) bond motifs is 1. The molecule has 4 rings (SSSR count). The van der Waals surface area contributed by atoms with Crippen LogP contribution in [0.5, 0.6) is 11.5 Å². The van der Waals surface area contributed by atoms with Gasteiger partial charge in [-0.3, -0.25) is 4.99 Å². The monoisotopic (exact) mass is 409 g/mol. The van der Waals surface area contributed by atoms with E-state index in [4.69, 9.17) is 19.2 Å². The van der Waals surface area contributed by atoms with Crippen molar-refractivity contribution in [1.29, 1.82) is 0 Å². The molecule has 1 saturated heterocycles. The molecule has 1 fully saturated rings. The van der Waals surface area contributed by atoms with Crippen molar-refractivity contribution < 1.29 is 14.2 Å². The molecule has 2 aromatic carbocycles. The highest BCUT2D eigenvalue weighted by Crippen LogP contribution is 2.34. The summed E-state index contributed by atoms with van der Waals surface area (Å²) in [6.45, 7) is 5.75. The summed E-state index contributed by atoms with van der Waals surface area (Å²) in [5.41, 5.74) is 2.16. The van der Waals surface area contributed by atoms with Crippen molar-refractivity contribution in [3.8, 4) is 11.5 Å². The van der Waals surface area contributed by atoms with E-state index >= 15 is 0 Å². The molecule has 160 valence electrons. The molecule has 0 aromatic heterocycles. The first-order valence-corrected chi connectivity index (χ1v) is 10.9. The number of hydrogen-bond donors (Lipinski definition) is 2. The molecule has 2 heterocycles. The first-order valence-electron chi connectivity index (χ1n) is 10.9. The molecule has 6 nitrogen and oxygen atoms in total. The average Bonchev–Trinajstić information content (AvgIpc) is 3.03. The molecule has 30 heavy (non-hydrogen) atoms. The molecule has 2 atom stereocenters. The number of rotatable bonds is 5. The fourth-order valence-electron chi connectivity index (χ4n) is 3.93. The molecule has 0 amide bonds. The van der Waals surface area contributed by atoms with Crippen molar-refractivity contribution in [3.05, 3.63) is 54.1 Å². The van der Waals surface area contributed by atoms with Gasteiger partial charge in [-0.05, 0) is 37.5 Å². The Morgan fingerprint density at radius 2 is 1.83 bits per heavy atom. The van der Waals surface area contributed by atoms with E-state index in [9.17, 15) is 0 Å². The van der Waals surface area contributed by atoms with Crippen LogP contribution in [-0.4, -0.2) is 38.9 Å². The summed E-state index contributed by atoms with van der Waals surface area (Å²) in [5.74, 6) is 2.70. The van der Waals surface area contributed by atoms with Crippen molar-refractivity contribution in [2.24, 2.45) is 10.9 Å². The summed E-state index contributed by atoms with van der Waals surface area (Å²) in [5, 5.41) is 6.75. The van der Waals surface area contributed by atoms with Gasteiger partial charge in [0.15, 0.2) is 17.5 Å². The number of guanidine groups is 1. The third kappa shape index (κ3) is 5.25. The largest absolute Gasteiger partial charge is 0.490 e. The second-order valence-electron chi connectivity index (χ2n) is 7.66. The fourth-order valence-corrected chi connectivity index (χ4v) is 3.93. The average molecular weight is 410 g/mol. The van der Waals surface area contributed by atoms with Gasteiger partial charge in [-0.1, -0.05) is 30.3 Å². The minimum Gasteiger partial charge on any atom is -0.490 e. The van der Waals surface area contributed by atoms with Gasteiger partial charge in [0.05, 0.1) is 19.3 Å². The molecule has 0 bridgehead atoms. The van der Waals surface area contributed by atoms with Crippen LogP contribution in [0.15, 0.2) is 53.5 Å². The highest BCUT2D eigenvalue weighted by atomic mass is 16.5. The second-order valence-corrected chi connectivity index (χ2v) is 7.66. The Balaban J connectivity index is 1.46. The molecular weight excluding hydrogens is 378 g/mol. The van der Waals surface area contributed by atoms with Gasteiger partial charge in [0.25, 0.3) is 0 Å². The van der Waals surface area contributed by atoms with Gasteiger partial charge < -0.3 is 24.8 Å². The minimum absolute atomic E-state index is 0.101. The Morgan fingerprint density at radius 1 is 1.00 bits per heavy atom. The van der Waals surface area contributed by atoms with E-state index in [1.165, 1.54) is 5.56 Å². The SMILES string of the molecule is CCNC(=NCC1CCCOC1c1ccccc1)Nc1ccc2c(c1)OCCCO2. The van der Waals surface area contributed by atoms with E-state index in [-0.39, 0.29) is 6.10 Å². The summed E-state index contributed by atoms with van der Waals surface area (Å²) in [6.07, 6.45) is 3.19. The van der Waals surface area contributed by atoms with Crippen LogP contribution < -0.4 is 20.1 Å². The summed E-state index contributed by atoms with van der Waals surface area (Å²) in [7, 11) is 0. The van der Waals surface area contributed by atoms with Crippen molar-refractivity contribution in [1.82, 2.24) is 5.32 Å². The Morgan fingerprint density at radius 3 is 2.67 bits per heavy atom. The zero-order chi connectivity index (χ0) is 20.6. The van der Waals surface area contributed by atoms with Crippen LogP contribution in [0.3, 0.4) is 0 Å². The van der Waals surface area contributed by atoms with Gasteiger partial charge in [0.1, 0.15) is 0 Å². The maximum absolute atomic E-state index is 6.12. The maximum Gasteiger partial charge on any atom is 0.195 e. The first-order chi connectivity index (χ1) is 14.8. The van der Waals surface area contributed by atoms with Crippen molar-refractivity contribution in [3.63, 3.8) is 0 Å². The number of hydrogen-bond acceptors (Lipinski definition) is 4. The molecule has 0 spiro atoms. The molecule has 2 aliphatic rings. The van der Waals surface area contributed by atoms with Gasteiger partial charge in [0, 0.05) is 43.8 Å². The highest BCUT2D eigenvalue weighted by molar-refractivity contribution is 5.93. The second kappa shape index (κ2) is 10.3. The molecule has 0 aliphatic carbocycles. The van der Waals surface area contributed by atoms with E-state index in [2.05, 4.69) is 41.8 Å². The Hall–Kier alpha value is -2.73. The quantitative estimate of drug-likeness (QED) is 0.566. The normalized spacial score (nSPS) is 21.6. The molecule has 2 N–H and O–H groups in total.